The third kappa shape index (κ3) is 4.35. The molecule has 1 saturated heterocycles. The summed E-state index contributed by atoms with van der Waals surface area (Å²) in [4.78, 5) is 25.5. The van der Waals surface area contributed by atoms with Crippen LogP contribution in [0.3, 0.4) is 0 Å². The van der Waals surface area contributed by atoms with Crippen molar-refractivity contribution in [3.63, 3.8) is 0 Å². The zero-order valence-electron chi connectivity index (χ0n) is 18.1. The molecule has 7 nitrogen and oxygen atoms in total. The molecule has 0 aliphatic carbocycles. The molecule has 7 heteroatoms. The summed E-state index contributed by atoms with van der Waals surface area (Å²) >= 11 is 0. The first kappa shape index (κ1) is 20.1. The smallest absolute Gasteiger partial charge is 0.252 e. The maximum Gasteiger partial charge on any atom is 0.252 e. The molecule has 1 aliphatic rings. The van der Waals surface area contributed by atoms with Gasteiger partial charge in [-0.3, -0.25) is 4.79 Å². The van der Waals surface area contributed by atoms with E-state index in [1.807, 2.05) is 29.5 Å². The fraction of sp³-hybridized carbons (Fsp3) is 0.391. The average molecular weight is 405 g/mol. The molecule has 4 rings (SSSR count). The van der Waals surface area contributed by atoms with Crippen LogP contribution >= 0.6 is 0 Å². The van der Waals surface area contributed by atoms with Gasteiger partial charge in [0.1, 0.15) is 5.82 Å². The van der Waals surface area contributed by atoms with Crippen LogP contribution in [0.5, 0.6) is 0 Å². The fourth-order valence-electron chi connectivity index (χ4n) is 3.93. The predicted molar refractivity (Wildman–Crippen MR) is 117 cm³/mol. The van der Waals surface area contributed by atoms with Gasteiger partial charge < -0.3 is 9.80 Å². The van der Waals surface area contributed by atoms with Crippen LogP contribution in [-0.2, 0) is 11.2 Å². The van der Waals surface area contributed by atoms with Gasteiger partial charge in [0.15, 0.2) is 0 Å². The first-order valence-electron chi connectivity index (χ1n) is 10.4. The highest BCUT2D eigenvalue weighted by Crippen LogP contribution is 2.20. The molecule has 2 aromatic heterocycles. The Bertz CT molecular complexity index is 1070. The summed E-state index contributed by atoms with van der Waals surface area (Å²) in [5.74, 6) is 1.61. The van der Waals surface area contributed by atoms with E-state index >= 15 is 0 Å². The summed E-state index contributed by atoms with van der Waals surface area (Å²) in [5, 5.41) is 4.58. The molecule has 1 aromatic carbocycles. The first-order chi connectivity index (χ1) is 14.4. The molecule has 0 N–H and O–H groups in total. The van der Waals surface area contributed by atoms with E-state index in [1.165, 1.54) is 11.1 Å². The Hall–Kier alpha value is -3.22. The van der Waals surface area contributed by atoms with Gasteiger partial charge in [-0.2, -0.15) is 10.1 Å². The lowest BCUT2D eigenvalue weighted by Crippen LogP contribution is -2.48. The molecular weight excluding hydrogens is 376 g/mol. The van der Waals surface area contributed by atoms with Crippen molar-refractivity contribution in [2.24, 2.45) is 0 Å². The van der Waals surface area contributed by atoms with Gasteiger partial charge in [0.05, 0.1) is 11.4 Å². The second-order valence-corrected chi connectivity index (χ2v) is 8.02. The zero-order chi connectivity index (χ0) is 21.3. The number of aromatic nitrogens is 4. The van der Waals surface area contributed by atoms with Crippen LogP contribution in [0.1, 0.15) is 35.1 Å². The van der Waals surface area contributed by atoms with Gasteiger partial charge in [0.2, 0.25) is 5.91 Å². The highest BCUT2D eigenvalue weighted by atomic mass is 16.2. The monoisotopic (exact) mass is 404 g/mol. The van der Waals surface area contributed by atoms with Gasteiger partial charge in [0, 0.05) is 51.3 Å². The number of piperazine rings is 1. The Balaban J connectivity index is 1.69. The normalized spacial score (nSPS) is 14.3. The number of nitrogens with zero attached hydrogens (tertiary/aromatic N) is 6. The van der Waals surface area contributed by atoms with Crippen molar-refractivity contribution in [1.29, 1.82) is 0 Å². The largest absolute Gasteiger partial charge is 0.353 e. The van der Waals surface area contributed by atoms with E-state index in [0.717, 1.165) is 42.4 Å². The molecule has 156 valence electrons. The molecular formula is C23H28N6O. The highest BCUT2D eigenvalue weighted by Gasteiger charge is 2.21. The van der Waals surface area contributed by atoms with E-state index in [9.17, 15) is 4.79 Å². The topological polar surface area (TPSA) is 67.2 Å². The van der Waals surface area contributed by atoms with Gasteiger partial charge in [-0.05, 0) is 32.4 Å². The third-order valence-corrected chi connectivity index (χ3v) is 5.47. The van der Waals surface area contributed by atoms with Gasteiger partial charge in [-0.1, -0.05) is 29.8 Å². The van der Waals surface area contributed by atoms with Crippen molar-refractivity contribution in [2.45, 2.75) is 34.1 Å². The Kier molecular flexibility index (Phi) is 5.53. The van der Waals surface area contributed by atoms with Crippen LogP contribution < -0.4 is 4.90 Å². The van der Waals surface area contributed by atoms with Crippen molar-refractivity contribution >= 4 is 11.7 Å². The van der Waals surface area contributed by atoms with E-state index in [4.69, 9.17) is 9.97 Å². The maximum atomic E-state index is 11.7. The number of aryl methyl sites for hydroxylation is 3. The van der Waals surface area contributed by atoms with Crippen molar-refractivity contribution in [3.8, 4) is 5.95 Å². The average Bonchev–Trinajstić information content (AvgIpc) is 3.06. The molecule has 1 fully saturated rings. The molecule has 0 bridgehead atoms. The number of anilines is 1. The molecule has 1 aliphatic heterocycles. The fourth-order valence-corrected chi connectivity index (χ4v) is 3.93. The molecule has 3 aromatic rings. The zero-order valence-corrected chi connectivity index (χ0v) is 18.1. The number of hydrogen-bond donors (Lipinski definition) is 0. The van der Waals surface area contributed by atoms with Crippen LogP contribution in [0.25, 0.3) is 5.95 Å². The van der Waals surface area contributed by atoms with E-state index in [-0.39, 0.29) is 5.91 Å². The summed E-state index contributed by atoms with van der Waals surface area (Å²) in [6, 6.07) is 12.6. The standard InChI is InChI=1S/C23H28N6O/c1-16-6-5-7-20(12-16)14-21-15-22(28-10-8-27(9-11-28)19(4)30)25-23(24-21)29-18(3)13-17(2)26-29/h5-7,12-13,15H,8-11,14H2,1-4H3. The quantitative estimate of drug-likeness (QED) is 0.669. The molecule has 0 unspecified atom stereocenters. The molecule has 1 amide bonds. The summed E-state index contributed by atoms with van der Waals surface area (Å²) in [5.41, 5.74) is 5.37. The lowest BCUT2D eigenvalue weighted by molar-refractivity contribution is -0.129. The number of amides is 1. The number of benzene rings is 1. The van der Waals surface area contributed by atoms with E-state index in [2.05, 4.69) is 47.3 Å². The molecule has 3 heterocycles. The number of carbonyl (C=O) groups is 1. The Morgan fingerprint density at radius 1 is 1.00 bits per heavy atom. The summed E-state index contributed by atoms with van der Waals surface area (Å²) in [7, 11) is 0. The number of hydrogen-bond acceptors (Lipinski definition) is 5. The Labute approximate surface area is 177 Å². The second-order valence-electron chi connectivity index (χ2n) is 8.02. The first-order valence-corrected chi connectivity index (χ1v) is 10.4. The van der Waals surface area contributed by atoms with Gasteiger partial charge in [-0.15, -0.1) is 0 Å². The summed E-state index contributed by atoms with van der Waals surface area (Å²) in [6.07, 6.45) is 0.733. The number of rotatable bonds is 4. The van der Waals surface area contributed by atoms with Crippen molar-refractivity contribution < 1.29 is 4.79 Å². The van der Waals surface area contributed by atoms with Crippen LogP contribution in [0.4, 0.5) is 5.82 Å². The van der Waals surface area contributed by atoms with Crippen molar-refractivity contribution in [1.82, 2.24) is 24.6 Å². The maximum absolute atomic E-state index is 11.7. The Morgan fingerprint density at radius 3 is 2.40 bits per heavy atom. The van der Waals surface area contributed by atoms with Crippen LogP contribution in [0.15, 0.2) is 36.4 Å². The van der Waals surface area contributed by atoms with Crippen molar-refractivity contribution in [2.75, 3.05) is 31.1 Å². The molecule has 0 atom stereocenters. The minimum Gasteiger partial charge on any atom is -0.353 e. The van der Waals surface area contributed by atoms with Gasteiger partial charge in [0.25, 0.3) is 5.95 Å². The SMILES string of the molecule is CC(=O)N1CCN(c2cc(Cc3cccc(C)c3)nc(-n3nc(C)cc3C)n2)CC1. The van der Waals surface area contributed by atoms with E-state index in [1.54, 1.807) is 6.92 Å². The molecule has 30 heavy (non-hydrogen) atoms. The minimum atomic E-state index is 0.126. The minimum absolute atomic E-state index is 0.126. The molecule has 0 spiro atoms. The summed E-state index contributed by atoms with van der Waals surface area (Å²) in [6.45, 7) is 10.7. The molecule has 0 saturated carbocycles. The number of carbonyl (C=O) groups excluding carboxylic acids is 1. The Morgan fingerprint density at radius 2 is 1.77 bits per heavy atom. The van der Waals surface area contributed by atoms with Crippen molar-refractivity contribution in [3.05, 3.63) is 64.6 Å². The molecule has 0 radical (unpaired) electrons. The highest BCUT2D eigenvalue weighted by molar-refractivity contribution is 5.73. The van der Waals surface area contributed by atoms with Crippen LogP contribution in [-0.4, -0.2) is 56.7 Å². The van der Waals surface area contributed by atoms with Gasteiger partial charge >= 0.3 is 0 Å². The third-order valence-electron chi connectivity index (χ3n) is 5.47. The van der Waals surface area contributed by atoms with E-state index in [0.29, 0.717) is 19.0 Å². The lowest BCUT2D eigenvalue weighted by atomic mass is 10.1. The predicted octanol–water partition coefficient (Wildman–Crippen LogP) is 2.85. The summed E-state index contributed by atoms with van der Waals surface area (Å²) < 4.78 is 1.81. The van der Waals surface area contributed by atoms with Crippen LogP contribution in [0, 0.1) is 20.8 Å². The van der Waals surface area contributed by atoms with Gasteiger partial charge in [-0.25, -0.2) is 9.67 Å². The second kappa shape index (κ2) is 8.26. The lowest BCUT2D eigenvalue weighted by Gasteiger charge is -2.35. The van der Waals surface area contributed by atoms with E-state index < -0.39 is 0 Å². The van der Waals surface area contributed by atoms with Crippen LogP contribution in [0.2, 0.25) is 0 Å².